The highest BCUT2D eigenvalue weighted by Crippen LogP contribution is 2.23. The first-order chi connectivity index (χ1) is 6.66. The maximum absolute atomic E-state index is 11.6. The Labute approximate surface area is 85.7 Å². The van der Waals surface area contributed by atoms with E-state index >= 15 is 0 Å². The van der Waals surface area contributed by atoms with E-state index in [0.717, 1.165) is 12.8 Å². The molecule has 2 unspecified atom stereocenters. The van der Waals surface area contributed by atoms with E-state index in [0.29, 0.717) is 5.92 Å². The van der Waals surface area contributed by atoms with Gasteiger partial charge in [0.2, 0.25) is 0 Å². The summed E-state index contributed by atoms with van der Waals surface area (Å²) in [6.45, 7) is 0. The molecule has 1 rings (SSSR count). The number of esters is 1. The Morgan fingerprint density at radius 3 is 2.71 bits per heavy atom. The Morgan fingerprint density at radius 2 is 2.29 bits per heavy atom. The van der Waals surface area contributed by atoms with Crippen LogP contribution in [0.1, 0.15) is 19.3 Å². The first-order valence-corrected chi connectivity index (χ1v) is 5.07. The summed E-state index contributed by atoms with van der Waals surface area (Å²) in [5.74, 6) is 0.178. The third-order valence-electron chi connectivity index (χ3n) is 2.70. The third kappa shape index (κ3) is 2.58. The van der Waals surface area contributed by atoms with Gasteiger partial charge in [0.25, 0.3) is 0 Å². The predicted molar refractivity (Wildman–Crippen MR) is 56.0 cm³/mol. The van der Waals surface area contributed by atoms with Crippen molar-refractivity contribution >= 4 is 5.97 Å². The monoisotopic (exact) mass is 197 g/mol. The first-order valence-electron chi connectivity index (χ1n) is 5.07. The zero-order valence-corrected chi connectivity index (χ0v) is 9.19. The SMILES string of the molecule is COC(=O)C(C1C=CCCC1)N(C)C. The Morgan fingerprint density at radius 1 is 1.57 bits per heavy atom. The minimum absolute atomic E-state index is 0.128. The highest BCUT2D eigenvalue weighted by molar-refractivity contribution is 5.76. The second-order valence-corrected chi connectivity index (χ2v) is 3.95. The van der Waals surface area contributed by atoms with Crippen LogP contribution < -0.4 is 0 Å². The molecule has 2 atom stereocenters. The van der Waals surface area contributed by atoms with Crippen LogP contribution in [0.4, 0.5) is 0 Å². The molecule has 0 aromatic carbocycles. The van der Waals surface area contributed by atoms with Crippen molar-refractivity contribution in [2.24, 2.45) is 5.92 Å². The number of likely N-dealkylation sites (N-methyl/N-ethyl adjacent to an activating group) is 1. The lowest BCUT2D eigenvalue weighted by Crippen LogP contribution is -2.42. The minimum Gasteiger partial charge on any atom is -0.468 e. The number of rotatable bonds is 3. The van der Waals surface area contributed by atoms with Gasteiger partial charge >= 0.3 is 5.97 Å². The largest absolute Gasteiger partial charge is 0.468 e. The van der Waals surface area contributed by atoms with E-state index < -0.39 is 0 Å². The lowest BCUT2D eigenvalue weighted by atomic mass is 9.89. The summed E-state index contributed by atoms with van der Waals surface area (Å²) >= 11 is 0. The fraction of sp³-hybridized carbons (Fsp3) is 0.727. The minimum atomic E-state index is -0.133. The van der Waals surface area contributed by atoms with E-state index in [9.17, 15) is 4.79 Å². The summed E-state index contributed by atoms with van der Waals surface area (Å²) in [7, 11) is 5.29. The maximum Gasteiger partial charge on any atom is 0.323 e. The van der Waals surface area contributed by atoms with Crippen LogP contribution in [0.15, 0.2) is 12.2 Å². The quantitative estimate of drug-likeness (QED) is 0.506. The molecule has 1 aliphatic rings. The molecule has 0 aliphatic heterocycles. The Hall–Kier alpha value is -0.830. The number of ether oxygens (including phenoxy) is 1. The fourth-order valence-electron chi connectivity index (χ4n) is 1.99. The molecule has 0 aromatic heterocycles. The normalized spacial score (nSPS) is 23.6. The molecule has 3 nitrogen and oxygen atoms in total. The van der Waals surface area contributed by atoms with Crippen LogP contribution in [0.3, 0.4) is 0 Å². The summed E-state index contributed by atoms with van der Waals surface area (Å²) in [4.78, 5) is 13.5. The number of hydrogen-bond donors (Lipinski definition) is 0. The van der Waals surface area contributed by atoms with Crippen LogP contribution in [0.5, 0.6) is 0 Å². The molecule has 0 heterocycles. The molecule has 0 fully saturated rings. The fourth-order valence-corrected chi connectivity index (χ4v) is 1.99. The van der Waals surface area contributed by atoms with Crippen molar-refractivity contribution in [3.8, 4) is 0 Å². The van der Waals surface area contributed by atoms with Crippen LogP contribution in [-0.2, 0) is 9.53 Å². The summed E-state index contributed by atoms with van der Waals surface area (Å²) < 4.78 is 4.81. The molecule has 0 bridgehead atoms. The van der Waals surface area contributed by atoms with Gasteiger partial charge in [0, 0.05) is 5.92 Å². The Bertz CT molecular complexity index is 223. The summed E-state index contributed by atoms with van der Waals surface area (Å²) in [5, 5.41) is 0. The molecule has 0 saturated carbocycles. The lowest BCUT2D eigenvalue weighted by molar-refractivity contribution is -0.147. The topological polar surface area (TPSA) is 29.5 Å². The van der Waals surface area contributed by atoms with Crippen LogP contribution in [-0.4, -0.2) is 38.1 Å². The van der Waals surface area contributed by atoms with Crippen LogP contribution in [0.25, 0.3) is 0 Å². The molecule has 0 N–H and O–H groups in total. The number of nitrogens with zero attached hydrogens (tertiary/aromatic N) is 1. The standard InChI is InChI=1S/C11H19NO2/c1-12(2)10(11(13)14-3)9-7-5-4-6-8-9/h5,7,9-10H,4,6,8H2,1-3H3. The molecular formula is C11H19NO2. The van der Waals surface area contributed by atoms with Crippen molar-refractivity contribution in [3.05, 3.63) is 12.2 Å². The number of hydrogen-bond acceptors (Lipinski definition) is 3. The molecule has 80 valence electrons. The van der Waals surface area contributed by atoms with Gasteiger partial charge in [-0.3, -0.25) is 9.69 Å². The van der Waals surface area contributed by atoms with Crippen molar-refractivity contribution in [1.82, 2.24) is 4.90 Å². The van der Waals surface area contributed by atoms with Gasteiger partial charge in [0.15, 0.2) is 0 Å². The molecular weight excluding hydrogens is 178 g/mol. The van der Waals surface area contributed by atoms with E-state index in [1.807, 2.05) is 19.0 Å². The third-order valence-corrected chi connectivity index (χ3v) is 2.70. The van der Waals surface area contributed by atoms with Crippen molar-refractivity contribution in [3.63, 3.8) is 0 Å². The van der Waals surface area contributed by atoms with Crippen LogP contribution in [0, 0.1) is 5.92 Å². The smallest absolute Gasteiger partial charge is 0.323 e. The van der Waals surface area contributed by atoms with E-state index in [4.69, 9.17) is 4.74 Å². The van der Waals surface area contributed by atoms with Gasteiger partial charge < -0.3 is 4.74 Å². The van der Waals surface area contributed by atoms with Gasteiger partial charge in [-0.15, -0.1) is 0 Å². The molecule has 3 heteroatoms. The lowest BCUT2D eigenvalue weighted by Gasteiger charge is -2.29. The Balaban J connectivity index is 2.70. The van der Waals surface area contributed by atoms with Gasteiger partial charge in [-0.25, -0.2) is 0 Å². The van der Waals surface area contributed by atoms with E-state index in [1.165, 1.54) is 13.5 Å². The van der Waals surface area contributed by atoms with Crippen LogP contribution in [0.2, 0.25) is 0 Å². The van der Waals surface area contributed by atoms with Gasteiger partial charge in [0.1, 0.15) is 6.04 Å². The van der Waals surface area contributed by atoms with Crippen molar-refractivity contribution in [2.45, 2.75) is 25.3 Å². The second kappa shape index (κ2) is 5.15. The molecule has 14 heavy (non-hydrogen) atoms. The average Bonchev–Trinajstić information content (AvgIpc) is 2.19. The number of carbonyl (C=O) groups is 1. The molecule has 0 amide bonds. The maximum atomic E-state index is 11.6. The Kier molecular flexibility index (Phi) is 4.14. The number of allylic oxidation sites excluding steroid dienone is 1. The van der Waals surface area contributed by atoms with Crippen LogP contribution >= 0.6 is 0 Å². The summed E-state index contributed by atoms with van der Waals surface area (Å²) in [5.41, 5.74) is 0. The zero-order valence-electron chi connectivity index (χ0n) is 9.19. The van der Waals surface area contributed by atoms with Crippen molar-refractivity contribution in [2.75, 3.05) is 21.2 Å². The highest BCUT2D eigenvalue weighted by Gasteiger charge is 2.29. The molecule has 0 saturated heterocycles. The molecule has 0 aromatic rings. The zero-order chi connectivity index (χ0) is 10.6. The molecule has 0 spiro atoms. The number of methoxy groups -OCH3 is 1. The van der Waals surface area contributed by atoms with E-state index in [-0.39, 0.29) is 12.0 Å². The van der Waals surface area contributed by atoms with Gasteiger partial charge in [0.05, 0.1) is 7.11 Å². The summed E-state index contributed by atoms with van der Waals surface area (Å²) in [6, 6.07) is -0.128. The van der Waals surface area contributed by atoms with Crippen molar-refractivity contribution in [1.29, 1.82) is 0 Å². The molecule has 1 aliphatic carbocycles. The molecule has 0 radical (unpaired) electrons. The van der Waals surface area contributed by atoms with E-state index in [2.05, 4.69) is 12.2 Å². The van der Waals surface area contributed by atoms with Gasteiger partial charge in [-0.1, -0.05) is 12.2 Å². The first kappa shape index (κ1) is 11.2. The van der Waals surface area contributed by atoms with Crippen molar-refractivity contribution < 1.29 is 9.53 Å². The number of carbonyl (C=O) groups excluding carboxylic acids is 1. The predicted octanol–water partition coefficient (Wildman–Crippen LogP) is 1.45. The highest BCUT2D eigenvalue weighted by atomic mass is 16.5. The second-order valence-electron chi connectivity index (χ2n) is 3.95. The van der Waals surface area contributed by atoms with E-state index in [1.54, 1.807) is 0 Å². The average molecular weight is 197 g/mol. The van der Waals surface area contributed by atoms with Gasteiger partial charge in [-0.05, 0) is 33.4 Å². The summed E-state index contributed by atoms with van der Waals surface area (Å²) in [6.07, 6.45) is 7.69. The van der Waals surface area contributed by atoms with Gasteiger partial charge in [-0.2, -0.15) is 0 Å².